The third kappa shape index (κ3) is 2.59. The van der Waals surface area contributed by atoms with Gasteiger partial charge in [-0.25, -0.2) is 11.4 Å². The van der Waals surface area contributed by atoms with Crippen LogP contribution >= 0.6 is 0 Å². The van der Waals surface area contributed by atoms with Crippen LogP contribution in [-0.2, 0) is 4.79 Å². The zero-order chi connectivity index (χ0) is 10.6. The maximum absolute atomic E-state index is 11.0. The predicted molar refractivity (Wildman–Crippen MR) is 53.9 cm³/mol. The Hall–Kier alpha value is -1.30. The molecule has 0 aromatic rings. The number of amides is 1. The molecular weight excluding hydrogens is 182 g/mol. The molecule has 0 radical (unpaired) electrons. The van der Waals surface area contributed by atoms with Crippen molar-refractivity contribution in [1.82, 2.24) is 10.4 Å². The average molecular weight is 199 g/mol. The minimum absolute atomic E-state index is 0.121. The van der Waals surface area contributed by atoms with Gasteiger partial charge in [-0.1, -0.05) is 0 Å². The van der Waals surface area contributed by atoms with E-state index in [9.17, 15) is 4.79 Å². The van der Waals surface area contributed by atoms with Crippen molar-refractivity contribution in [3.05, 3.63) is 0 Å². The van der Waals surface area contributed by atoms with Gasteiger partial charge in [0.1, 0.15) is 5.84 Å². The van der Waals surface area contributed by atoms with E-state index in [0.717, 1.165) is 25.9 Å². The molecule has 1 amide bonds. The van der Waals surface area contributed by atoms with Gasteiger partial charge in [0.15, 0.2) is 0 Å². The number of amidine groups is 1. The summed E-state index contributed by atoms with van der Waals surface area (Å²) in [4.78, 5) is 12.9. The largest absolute Gasteiger partial charge is 0.385 e. The molecule has 1 rings (SSSR count). The smallest absolute Gasteiger partial charge is 0.219 e. The van der Waals surface area contributed by atoms with E-state index in [4.69, 9.17) is 11.6 Å². The molecule has 0 unspecified atom stereocenters. The molecule has 1 saturated heterocycles. The van der Waals surface area contributed by atoms with E-state index in [1.807, 2.05) is 4.90 Å². The lowest BCUT2D eigenvalue weighted by Gasteiger charge is -2.30. The summed E-state index contributed by atoms with van der Waals surface area (Å²) >= 11 is 0. The van der Waals surface area contributed by atoms with E-state index in [-0.39, 0.29) is 11.8 Å². The normalized spacial score (nSPS) is 19.6. The highest BCUT2D eigenvalue weighted by Crippen LogP contribution is 2.16. The third-order valence-electron chi connectivity index (χ3n) is 2.55. The van der Waals surface area contributed by atoms with Crippen molar-refractivity contribution < 1.29 is 4.79 Å². The van der Waals surface area contributed by atoms with Gasteiger partial charge in [-0.3, -0.25) is 4.79 Å². The van der Waals surface area contributed by atoms with Gasteiger partial charge in [-0.2, -0.15) is 5.10 Å². The molecule has 0 aromatic heterocycles. The highest BCUT2D eigenvalue weighted by atomic mass is 16.2. The Morgan fingerprint density at radius 1 is 1.50 bits per heavy atom. The maximum Gasteiger partial charge on any atom is 0.219 e. The van der Waals surface area contributed by atoms with Crippen LogP contribution in [0.5, 0.6) is 0 Å². The standard InChI is InChI=1S/C8H17N5O/c1-6(14)13-4-2-7(3-5-13)8(9)11-12-10/h7,12H,2-5,10H2,1H3,(H2,9,11). The van der Waals surface area contributed by atoms with Crippen LogP contribution < -0.4 is 17.1 Å². The lowest BCUT2D eigenvalue weighted by atomic mass is 9.96. The van der Waals surface area contributed by atoms with E-state index in [0.29, 0.717) is 5.84 Å². The number of likely N-dealkylation sites (tertiary alicyclic amines) is 1. The summed E-state index contributed by atoms with van der Waals surface area (Å²) in [7, 11) is 0. The van der Waals surface area contributed by atoms with Gasteiger partial charge in [0.25, 0.3) is 0 Å². The van der Waals surface area contributed by atoms with E-state index >= 15 is 0 Å². The van der Waals surface area contributed by atoms with Crippen LogP contribution in [0.1, 0.15) is 19.8 Å². The molecule has 0 saturated carbocycles. The van der Waals surface area contributed by atoms with Gasteiger partial charge in [-0.15, -0.1) is 0 Å². The quantitative estimate of drug-likeness (QED) is 0.229. The number of hydrazine groups is 1. The van der Waals surface area contributed by atoms with Gasteiger partial charge in [0.2, 0.25) is 5.91 Å². The minimum atomic E-state index is 0.121. The average Bonchev–Trinajstić information content (AvgIpc) is 2.18. The Kier molecular flexibility index (Phi) is 3.70. The summed E-state index contributed by atoms with van der Waals surface area (Å²) in [5.41, 5.74) is 7.87. The topological polar surface area (TPSA) is 96.7 Å². The second-order valence-corrected chi connectivity index (χ2v) is 3.45. The van der Waals surface area contributed by atoms with E-state index in [2.05, 4.69) is 10.6 Å². The molecule has 1 fully saturated rings. The van der Waals surface area contributed by atoms with Crippen LogP contribution in [0.4, 0.5) is 0 Å². The van der Waals surface area contributed by atoms with Crippen molar-refractivity contribution in [2.24, 2.45) is 22.6 Å². The van der Waals surface area contributed by atoms with E-state index < -0.39 is 0 Å². The first-order chi connectivity index (χ1) is 6.65. The number of carbonyl (C=O) groups is 1. The Morgan fingerprint density at radius 2 is 2.07 bits per heavy atom. The Morgan fingerprint density at radius 3 is 2.50 bits per heavy atom. The molecular formula is C8H17N5O. The summed E-state index contributed by atoms with van der Waals surface area (Å²) in [6.45, 7) is 3.08. The monoisotopic (exact) mass is 199 g/mol. The molecule has 1 aliphatic rings. The van der Waals surface area contributed by atoms with Crippen LogP contribution in [-0.4, -0.2) is 29.7 Å². The fourth-order valence-electron chi connectivity index (χ4n) is 1.66. The number of piperidine rings is 1. The number of nitrogens with two attached hydrogens (primary N) is 2. The Labute approximate surface area is 83.3 Å². The molecule has 14 heavy (non-hydrogen) atoms. The number of carbonyl (C=O) groups excluding carboxylic acids is 1. The maximum atomic E-state index is 11.0. The fourth-order valence-corrected chi connectivity index (χ4v) is 1.66. The SMILES string of the molecule is CC(=O)N1CCC(/C(N)=N/NN)CC1. The number of hydrogen-bond donors (Lipinski definition) is 3. The molecule has 1 aliphatic heterocycles. The molecule has 6 nitrogen and oxygen atoms in total. The first-order valence-corrected chi connectivity index (χ1v) is 4.69. The highest BCUT2D eigenvalue weighted by molar-refractivity contribution is 5.83. The van der Waals surface area contributed by atoms with Crippen molar-refractivity contribution in [1.29, 1.82) is 0 Å². The molecule has 0 bridgehead atoms. The van der Waals surface area contributed by atoms with Gasteiger partial charge < -0.3 is 10.6 Å². The van der Waals surface area contributed by atoms with Crippen LogP contribution in [0, 0.1) is 5.92 Å². The minimum Gasteiger partial charge on any atom is -0.385 e. The molecule has 0 spiro atoms. The second-order valence-electron chi connectivity index (χ2n) is 3.45. The predicted octanol–water partition coefficient (Wildman–Crippen LogP) is -1.02. The first-order valence-electron chi connectivity index (χ1n) is 4.69. The van der Waals surface area contributed by atoms with Crippen molar-refractivity contribution in [3.63, 3.8) is 0 Å². The second kappa shape index (κ2) is 4.80. The molecule has 1 heterocycles. The lowest BCUT2D eigenvalue weighted by molar-refractivity contribution is -0.129. The summed E-state index contributed by atoms with van der Waals surface area (Å²) in [6, 6.07) is 0. The third-order valence-corrected chi connectivity index (χ3v) is 2.55. The number of rotatable bonds is 2. The van der Waals surface area contributed by atoms with Crippen LogP contribution in [0.3, 0.4) is 0 Å². The number of hydrogen-bond acceptors (Lipinski definition) is 4. The van der Waals surface area contributed by atoms with Crippen molar-refractivity contribution in [2.45, 2.75) is 19.8 Å². The first kappa shape index (κ1) is 10.8. The zero-order valence-corrected chi connectivity index (χ0v) is 8.36. The van der Waals surface area contributed by atoms with Crippen molar-refractivity contribution in [3.8, 4) is 0 Å². The fraction of sp³-hybridized carbons (Fsp3) is 0.750. The molecule has 0 aliphatic carbocycles. The zero-order valence-electron chi connectivity index (χ0n) is 8.36. The summed E-state index contributed by atoms with van der Waals surface area (Å²) in [5, 5.41) is 3.74. The number of nitrogens with zero attached hydrogens (tertiary/aromatic N) is 2. The van der Waals surface area contributed by atoms with Crippen LogP contribution in [0.15, 0.2) is 5.10 Å². The van der Waals surface area contributed by atoms with E-state index in [1.165, 1.54) is 0 Å². The van der Waals surface area contributed by atoms with E-state index in [1.54, 1.807) is 6.92 Å². The van der Waals surface area contributed by atoms with Crippen LogP contribution in [0.25, 0.3) is 0 Å². The van der Waals surface area contributed by atoms with Gasteiger partial charge in [0.05, 0.1) is 0 Å². The van der Waals surface area contributed by atoms with Crippen molar-refractivity contribution in [2.75, 3.05) is 13.1 Å². The molecule has 6 heteroatoms. The number of hydrazone groups is 1. The Balaban J connectivity index is 2.43. The van der Waals surface area contributed by atoms with Crippen LogP contribution in [0.2, 0.25) is 0 Å². The lowest BCUT2D eigenvalue weighted by Crippen LogP contribution is -2.41. The molecule has 80 valence electrons. The molecule has 5 N–H and O–H groups in total. The number of nitrogens with one attached hydrogen (secondary N) is 1. The highest BCUT2D eigenvalue weighted by Gasteiger charge is 2.22. The summed E-state index contributed by atoms with van der Waals surface area (Å²) in [5.74, 6) is 5.91. The summed E-state index contributed by atoms with van der Waals surface area (Å²) < 4.78 is 0. The summed E-state index contributed by atoms with van der Waals surface area (Å²) in [6.07, 6.45) is 1.72. The Bertz CT molecular complexity index is 232. The van der Waals surface area contributed by atoms with Gasteiger partial charge in [0, 0.05) is 25.9 Å². The van der Waals surface area contributed by atoms with Crippen molar-refractivity contribution >= 4 is 11.7 Å². The molecule has 0 atom stereocenters. The molecule has 0 aromatic carbocycles. The van der Waals surface area contributed by atoms with Gasteiger partial charge >= 0.3 is 0 Å². The van der Waals surface area contributed by atoms with Gasteiger partial charge in [-0.05, 0) is 12.8 Å².